The number of thioether (sulfide) groups is 1. The molecule has 164 valence electrons. The number of amides is 2. The van der Waals surface area contributed by atoms with Crippen molar-refractivity contribution in [2.24, 2.45) is 0 Å². The second-order valence-electron chi connectivity index (χ2n) is 7.69. The zero-order valence-electron chi connectivity index (χ0n) is 18.4. The van der Waals surface area contributed by atoms with Gasteiger partial charge in [-0.05, 0) is 54.8 Å². The highest BCUT2D eigenvalue weighted by Gasteiger charge is 2.37. The molecule has 0 spiro atoms. The van der Waals surface area contributed by atoms with Crippen molar-refractivity contribution < 1.29 is 14.3 Å². The van der Waals surface area contributed by atoms with Gasteiger partial charge in [-0.3, -0.25) is 14.5 Å². The number of para-hydroxylation sites is 1. The Balaban J connectivity index is 1.67. The summed E-state index contributed by atoms with van der Waals surface area (Å²) in [5, 5.41) is 2.78. The van der Waals surface area contributed by atoms with Crippen LogP contribution in [0.5, 0.6) is 5.75 Å². The molecule has 3 aromatic carbocycles. The highest BCUT2D eigenvalue weighted by atomic mass is 32.2. The molecule has 0 saturated carbocycles. The molecule has 32 heavy (non-hydrogen) atoms. The molecule has 1 saturated heterocycles. The second kappa shape index (κ2) is 9.49. The van der Waals surface area contributed by atoms with Crippen molar-refractivity contribution in [1.82, 2.24) is 0 Å². The van der Waals surface area contributed by atoms with Crippen molar-refractivity contribution in [3.05, 3.63) is 89.0 Å². The molecule has 1 atom stereocenters. The Bertz CT molecular complexity index is 1140. The minimum absolute atomic E-state index is 0.0141. The summed E-state index contributed by atoms with van der Waals surface area (Å²) in [6, 6.07) is 21.1. The number of carbonyl (C=O) groups excluding carboxylic acids is 2. The molecule has 5 nitrogen and oxygen atoms in total. The number of aryl methyl sites for hydroxylation is 2. The molecular formula is C26H26N2O3S. The van der Waals surface area contributed by atoms with Gasteiger partial charge >= 0.3 is 0 Å². The topological polar surface area (TPSA) is 58.6 Å². The van der Waals surface area contributed by atoms with Gasteiger partial charge < -0.3 is 10.1 Å². The molecule has 1 unspecified atom stereocenters. The normalized spacial score (nSPS) is 15.7. The van der Waals surface area contributed by atoms with Crippen LogP contribution < -0.4 is 15.0 Å². The van der Waals surface area contributed by atoms with Crippen LogP contribution in [0.25, 0.3) is 0 Å². The fourth-order valence-corrected chi connectivity index (χ4v) is 5.02. The molecule has 1 heterocycles. The van der Waals surface area contributed by atoms with E-state index in [9.17, 15) is 9.59 Å². The van der Waals surface area contributed by atoms with Crippen LogP contribution >= 0.6 is 11.8 Å². The molecule has 0 aliphatic carbocycles. The van der Waals surface area contributed by atoms with Gasteiger partial charge in [-0.1, -0.05) is 43.3 Å². The molecule has 3 aromatic rings. The van der Waals surface area contributed by atoms with Gasteiger partial charge in [0.2, 0.25) is 5.91 Å². The zero-order valence-corrected chi connectivity index (χ0v) is 19.2. The van der Waals surface area contributed by atoms with Crippen molar-refractivity contribution in [3.8, 4) is 5.75 Å². The summed E-state index contributed by atoms with van der Waals surface area (Å²) in [5.41, 5.74) is 5.14. The first-order chi connectivity index (χ1) is 15.5. The van der Waals surface area contributed by atoms with Crippen LogP contribution in [0.2, 0.25) is 0 Å². The number of hydrogen-bond donors (Lipinski definition) is 1. The van der Waals surface area contributed by atoms with Crippen molar-refractivity contribution >= 4 is 35.0 Å². The van der Waals surface area contributed by atoms with Gasteiger partial charge in [-0.15, -0.1) is 11.8 Å². The average Bonchev–Trinajstić information content (AvgIpc) is 3.20. The van der Waals surface area contributed by atoms with Gasteiger partial charge in [0.25, 0.3) is 5.91 Å². The Labute approximate surface area is 192 Å². The molecule has 1 aliphatic rings. The summed E-state index contributed by atoms with van der Waals surface area (Å²) in [5.74, 6) is 0.853. The van der Waals surface area contributed by atoms with Crippen LogP contribution in [0.3, 0.4) is 0 Å². The van der Waals surface area contributed by atoms with Crippen molar-refractivity contribution in [3.63, 3.8) is 0 Å². The number of benzene rings is 3. The summed E-state index contributed by atoms with van der Waals surface area (Å²) >= 11 is 1.54. The smallest absolute Gasteiger partial charge is 0.255 e. The summed E-state index contributed by atoms with van der Waals surface area (Å²) in [4.78, 5) is 27.6. The van der Waals surface area contributed by atoms with E-state index in [0.29, 0.717) is 22.8 Å². The van der Waals surface area contributed by atoms with E-state index >= 15 is 0 Å². The van der Waals surface area contributed by atoms with Gasteiger partial charge in [-0.25, -0.2) is 0 Å². The number of methoxy groups -OCH3 is 1. The van der Waals surface area contributed by atoms with Crippen molar-refractivity contribution in [1.29, 1.82) is 0 Å². The Morgan fingerprint density at radius 3 is 2.59 bits per heavy atom. The van der Waals surface area contributed by atoms with Crippen LogP contribution in [0, 0.1) is 6.92 Å². The van der Waals surface area contributed by atoms with E-state index in [-0.39, 0.29) is 17.2 Å². The van der Waals surface area contributed by atoms with Crippen LogP contribution in [0.1, 0.15) is 39.3 Å². The van der Waals surface area contributed by atoms with Crippen LogP contribution in [-0.4, -0.2) is 24.7 Å². The lowest BCUT2D eigenvalue weighted by atomic mass is 10.1. The fraction of sp³-hybridized carbons (Fsp3) is 0.231. The highest BCUT2D eigenvalue weighted by Crippen LogP contribution is 2.46. The largest absolute Gasteiger partial charge is 0.495 e. The van der Waals surface area contributed by atoms with Crippen LogP contribution in [-0.2, 0) is 11.2 Å². The number of anilines is 2. The molecule has 0 bridgehead atoms. The number of rotatable bonds is 6. The monoisotopic (exact) mass is 446 g/mol. The van der Waals surface area contributed by atoms with Crippen LogP contribution in [0.4, 0.5) is 11.4 Å². The first kappa shape index (κ1) is 22.0. The molecule has 1 aliphatic heterocycles. The zero-order chi connectivity index (χ0) is 22.7. The van der Waals surface area contributed by atoms with Crippen molar-refractivity contribution in [2.45, 2.75) is 25.6 Å². The maximum Gasteiger partial charge on any atom is 0.255 e. The lowest BCUT2D eigenvalue weighted by Crippen LogP contribution is -2.29. The second-order valence-corrected chi connectivity index (χ2v) is 8.76. The van der Waals surface area contributed by atoms with Crippen LogP contribution in [0.15, 0.2) is 66.7 Å². The van der Waals surface area contributed by atoms with Gasteiger partial charge in [-0.2, -0.15) is 0 Å². The number of hydrogen-bond acceptors (Lipinski definition) is 4. The number of nitrogens with zero attached hydrogens (tertiary/aromatic N) is 1. The number of ether oxygens (including phenoxy) is 1. The van der Waals surface area contributed by atoms with Gasteiger partial charge in [0.1, 0.15) is 11.1 Å². The third-order valence-electron chi connectivity index (χ3n) is 5.56. The quantitative estimate of drug-likeness (QED) is 0.536. The SMILES string of the molecule is CCc1ccc(C(=O)Nc2ccccc2C2SCC(=O)N2c2cc(C)ccc2OC)cc1. The third kappa shape index (κ3) is 4.36. The Hall–Kier alpha value is -3.25. The lowest BCUT2D eigenvalue weighted by molar-refractivity contribution is -0.115. The Morgan fingerprint density at radius 2 is 1.88 bits per heavy atom. The van der Waals surface area contributed by atoms with E-state index in [1.165, 1.54) is 5.56 Å². The molecule has 1 N–H and O–H groups in total. The number of nitrogens with one attached hydrogen (secondary N) is 1. The number of carbonyl (C=O) groups is 2. The van der Waals surface area contributed by atoms with E-state index in [4.69, 9.17) is 4.74 Å². The minimum Gasteiger partial charge on any atom is -0.495 e. The van der Waals surface area contributed by atoms with E-state index in [2.05, 4.69) is 12.2 Å². The lowest BCUT2D eigenvalue weighted by Gasteiger charge is -2.27. The standard InChI is InChI=1S/C26H26N2O3S/c1-4-18-10-12-19(13-11-18)25(30)27-21-8-6-5-7-20(21)26-28(24(29)16-32-26)22-15-17(2)9-14-23(22)31-3/h5-15,26H,4,16H2,1-3H3,(H,27,30). The van der Waals surface area contributed by atoms with E-state index in [1.807, 2.05) is 73.7 Å². The molecule has 0 radical (unpaired) electrons. The summed E-state index contributed by atoms with van der Waals surface area (Å²) in [7, 11) is 1.61. The summed E-state index contributed by atoms with van der Waals surface area (Å²) in [6.45, 7) is 4.07. The van der Waals surface area contributed by atoms with Gasteiger partial charge in [0, 0.05) is 16.8 Å². The molecule has 6 heteroatoms. The average molecular weight is 447 g/mol. The van der Waals surface area contributed by atoms with Gasteiger partial charge in [0.15, 0.2) is 0 Å². The molecule has 0 aromatic heterocycles. The predicted octanol–water partition coefficient (Wildman–Crippen LogP) is 5.60. The van der Waals surface area contributed by atoms with E-state index in [1.54, 1.807) is 23.8 Å². The molecule has 2 amide bonds. The fourth-order valence-electron chi connectivity index (χ4n) is 3.82. The highest BCUT2D eigenvalue weighted by molar-refractivity contribution is 8.00. The van der Waals surface area contributed by atoms with E-state index < -0.39 is 0 Å². The minimum atomic E-state index is -0.267. The first-order valence-electron chi connectivity index (χ1n) is 10.6. The predicted molar refractivity (Wildman–Crippen MR) is 131 cm³/mol. The maximum absolute atomic E-state index is 12.9. The third-order valence-corrected chi connectivity index (χ3v) is 6.76. The molecular weight excluding hydrogens is 420 g/mol. The van der Waals surface area contributed by atoms with E-state index in [0.717, 1.165) is 23.2 Å². The Morgan fingerprint density at radius 1 is 1.12 bits per heavy atom. The maximum atomic E-state index is 12.9. The summed E-state index contributed by atoms with van der Waals surface area (Å²) < 4.78 is 5.54. The van der Waals surface area contributed by atoms with Crippen molar-refractivity contribution in [2.75, 3.05) is 23.1 Å². The molecule has 4 rings (SSSR count). The summed E-state index contributed by atoms with van der Waals surface area (Å²) in [6.07, 6.45) is 0.927. The van der Waals surface area contributed by atoms with Gasteiger partial charge in [0.05, 0.1) is 18.6 Å². The first-order valence-corrected chi connectivity index (χ1v) is 11.6. The molecule has 1 fully saturated rings. The Kier molecular flexibility index (Phi) is 6.51.